The molecule has 2 aliphatic heterocycles. The fourth-order valence-corrected chi connectivity index (χ4v) is 8.48. The summed E-state index contributed by atoms with van der Waals surface area (Å²) in [5, 5.41) is 31.5. The first-order valence-electron chi connectivity index (χ1n) is 22.8. The number of nitrogens with two attached hydrogens (primary N) is 2. The summed E-state index contributed by atoms with van der Waals surface area (Å²) in [7, 11) is 0. The Kier molecular flexibility index (Phi) is 25.1. The maximum absolute atomic E-state index is 14.4. The Balaban J connectivity index is 1.82. The normalized spacial score (nSPS) is 16.8. The summed E-state index contributed by atoms with van der Waals surface area (Å²) in [6, 6.07) is 2.70. The van der Waals surface area contributed by atoms with Crippen LogP contribution in [0.4, 0.5) is 0 Å². The van der Waals surface area contributed by atoms with Crippen LogP contribution < -0.4 is 16.8 Å². The zero-order chi connectivity index (χ0) is 48.6. The van der Waals surface area contributed by atoms with Crippen LogP contribution in [-0.2, 0) is 51.3 Å². The molecule has 2 aliphatic rings. The van der Waals surface area contributed by atoms with Crippen molar-refractivity contribution >= 4 is 59.3 Å². The topological polar surface area (TPSA) is 290 Å². The Morgan fingerprint density at radius 1 is 0.758 bits per heavy atom. The zero-order valence-electron chi connectivity index (χ0n) is 38.5. The minimum atomic E-state index is -1.26. The van der Waals surface area contributed by atoms with Crippen LogP contribution >= 0.6 is 11.8 Å². The van der Waals surface area contributed by atoms with Crippen molar-refractivity contribution in [1.29, 1.82) is 0 Å². The molecule has 3 rings (SSSR count). The Bertz CT molecular complexity index is 1760. The number of nitrogens with zero attached hydrogens (tertiary/aromatic N) is 6. The van der Waals surface area contributed by atoms with Gasteiger partial charge in [0.1, 0.15) is 12.1 Å². The third-order valence-corrected chi connectivity index (χ3v) is 12.3. The van der Waals surface area contributed by atoms with Gasteiger partial charge in [0.05, 0.1) is 39.3 Å². The van der Waals surface area contributed by atoms with Crippen LogP contribution in [0, 0.1) is 0 Å². The molecule has 1 aromatic rings. The molecule has 1 fully saturated rings. The molecule has 0 spiro atoms. The molecule has 1 saturated heterocycles. The zero-order valence-corrected chi connectivity index (χ0v) is 39.4. The number of thioether (sulfide) groups is 1. The second kappa shape index (κ2) is 29.8. The fraction of sp³-hybridized carbons (Fsp3) is 0.682. The number of benzene rings is 1. The molecule has 370 valence electrons. The lowest BCUT2D eigenvalue weighted by Crippen LogP contribution is -2.58. The largest absolute Gasteiger partial charge is 0.480 e. The van der Waals surface area contributed by atoms with Gasteiger partial charge in [-0.05, 0) is 74.3 Å². The van der Waals surface area contributed by atoms with E-state index in [1.165, 1.54) is 11.8 Å². The van der Waals surface area contributed by atoms with E-state index in [9.17, 15) is 53.7 Å². The van der Waals surface area contributed by atoms with Crippen LogP contribution in [0.15, 0.2) is 18.2 Å². The lowest BCUT2D eigenvalue weighted by Gasteiger charge is -2.35. The molecule has 8 N–H and O–H groups in total. The summed E-state index contributed by atoms with van der Waals surface area (Å²) in [5.41, 5.74) is 13.2. The SMILES string of the molecule is CCCCCOC(=O)[C@H](CCCCN)N(C(=O)CN)C(=O)[C@H](CCSC)NC(=O)c1cccc2c1CCN(C(=O)CN1CCN(CC(=O)O)CCN(CC(=O)O)CCN(CC(=O)O)CC1)C2. The second-order valence-electron chi connectivity index (χ2n) is 16.6. The lowest BCUT2D eigenvalue weighted by atomic mass is 9.93. The Hall–Kier alpha value is -4.71. The number of fused-ring (bicyclic) bond motifs is 1. The highest BCUT2D eigenvalue weighted by Gasteiger charge is 2.39. The fourth-order valence-electron chi connectivity index (χ4n) is 8.01. The Labute approximate surface area is 391 Å². The number of amides is 4. The van der Waals surface area contributed by atoms with Gasteiger partial charge < -0.3 is 41.7 Å². The minimum absolute atomic E-state index is 0.0424. The smallest absolute Gasteiger partial charge is 0.329 e. The molecule has 0 aliphatic carbocycles. The molecule has 0 radical (unpaired) electrons. The number of unbranched alkanes of at least 4 members (excludes halogenated alkanes) is 3. The van der Waals surface area contributed by atoms with Gasteiger partial charge in [0, 0.05) is 71.0 Å². The maximum Gasteiger partial charge on any atom is 0.329 e. The molecule has 2 atom stereocenters. The van der Waals surface area contributed by atoms with Gasteiger partial charge in [-0.3, -0.25) is 58.1 Å². The van der Waals surface area contributed by atoms with Crippen LogP contribution in [0.3, 0.4) is 0 Å². The number of hydrogen-bond donors (Lipinski definition) is 6. The average molecular weight is 950 g/mol. The number of carboxylic acid groups (broad SMARTS) is 3. The minimum Gasteiger partial charge on any atom is -0.480 e. The molecule has 4 amide bonds. The van der Waals surface area contributed by atoms with E-state index >= 15 is 0 Å². The van der Waals surface area contributed by atoms with Gasteiger partial charge in [0.25, 0.3) is 11.8 Å². The number of esters is 1. The monoisotopic (exact) mass is 949 g/mol. The maximum atomic E-state index is 14.4. The van der Waals surface area contributed by atoms with E-state index in [0.717, 1.165) is 23.3 Å². The summed E-state index contributed by atoms with van der Waals surface area (Å²) in [4.78, 5) is 114. The van der Waals surface area contributed by atoms with Crippen LogP contribution in [-0.4, -0.2) is 221 Å². The number of carbonyl (C=O) groups is 8. The number of carboxylic acids is 3. The number of aliphatic carboxylic acids is 3. The van der Waals surface area contributed by atoms with Gasteiger partial charge in [0.15, 0.2) is 0 Å². The predicted octanol–water partition coefficient (Wildman–Crippen LogP) is -0.557. The van der Waals surface area contributed by atoms with Gasteiger partial charge in [-0.15, -0.1) is 0 Å². The standard InChI is InChI=1S/C44H71N9O12S/c1-3-4-7-24-65-44(64)36(11-5-6-14-45)53(37(54)26-46)43(63)35(13-25-66-2)47-42(62)34-10-8-9-32-27-52(15-12-33(32)34)38(55)28-48-16-18-49(29-39(56)57)20-22-51(31-41(60)61)23-21-50(19-17-48)30-40(58)59/h8-10,35-36H,3-7,11-31,45-46H2,1-2H3,(H,47,62)(H,56,57)(H,58,59)(H,60,61)/t35-,36-/m0/s1. The van der Waals surface area contributed by atoms with Crippen LogP contribution in [0.1, 0.15) is 73.4 Å². The first-order chi connectivity index (χ1) is 31.6. The number of imide groups is 1. The number of carbonyl (C=O) groups excluding carboxylic acids is 5. The van der Waals surface area contributed by atoms with Crippen molar-refractivity contribution in [3.8, 4) is 0 Å². The van der Waals surface area contributed by atoms with E-state index in [1.807, 2.05) is 24.1 Å². The second-order valence-corrected chi connectivity index (χ2v) is 17.6. The Morgan fingerprint density at radius 3 is 1.82 bits per heavy atom. The molecule has 21 nitrogen and oxygen atoms in total. The molecule has 2 heterocycles. The molecule has 66 heavy (non-hydrogen) atoms. The highest BCUT2D eigenvalue weighted by molar-refractivity contribution is 7.98. The van der Waals surface area contributed by atoms with Crippen molar-refractivity contribution in [1.82, 2.24) is 34.7 Å². The van der Waals surface area contributed by atoms with Crippen molar-refractivity contribution in [2.75, 3.05) is 117 Å². The number of ether oxygens (including phenoxy) is 1. The number of nitrogens with one attached hydrogen (secondary N) is 1. The highest BCUT2D eigenvalue weighted by atomic mass is 32.2. The summed E-state index contributed by atoms with van der Waals surface area (Å²) in [6.45, 7) is 3.57. The van der Waals surface area contributed by atoms with Crippen molar-refractivity contribution < 1.29 is 58.4 Å². The number of hydrogen-bond acceptors (Lipinski definition) is 16. The molecule has 22 heteroatoms. The molecular formula is C44H71N9O12S. The summed E-state index contributed by atoms with van der Waals surface area (Å²) < 4.78 is 5.54. The molecule has 0 saturated carbocycles. The third-order valence-electron chi connectivity index (χ3n) is 11.6. The van der Waals surface area contributed by atoms with E-state index in [4.69, 9.17) is 16.2 Å². The van der Waals surface area contributed by atoms with Crippen molar-refractivity contribution in [2.45, 2.75) is 76.9 Å². The molecule has 0 bridgehead atoms. The van der Waals surface area contributed by atoms with Gasteiger partial charge in [-0.25, -0.2) is 4.79 Å². The Morgan fingerprint density at radius 2 is 1.32 bits per heavy atom. The molecule has 0 aromatic heterocycles. The molecular weight excluding hydrogens is 879 g/mol. The first kappa shape index (κ1) is 55.6. The third kappa shape index (κ3) is 18.9. The van der Waals surface area contributed by atoms with Crippen LogP contribution in [0.25, 0.3) is 0 Å². The van der Waals surface area contributed by atoms with Gasteiger partial charge in [0.2, 0.25) is 11.8 Å². The predicted molar refractivity (Wildman–Crippen MR) is 247 cm³/mol. The van der Waals surface area contributed by atoms with Crippen molar-refractivity contribution in [2.24, 2.45) is 11.5 Å². The quantitative estimate of drug-likeness (QED) is 0.0529. The summed E-state index contributed by atoms with van der Waals surface area (Å²) in [5.74, 6) is -5.75. The molecule has 0 unspecified atom stereocenters. The first-order valence-corrected chi connectivity index (χ1v) is 24.2. The van der Waals surface area contributed by atoms with Gasteiger partial charge in [-0.2, -0.15) is 11.8 Å². The average Bonchev–Trinajstić information content (AvgIpc) is 3.28. The van der Waals surface area contributed by atoms with E-state index in [-0.39, 0.29) is 117 Å². The van der Waals surface area contributed by atoms with Crippen LogP contribution in [0.2, 0.25) is 0 Å². The summed E-state index contributed by atoms with van der Waals surface area (Å²) >= 11 is 1.44. The van der Waals surface area contributed by atoms with Crippen molar-refractivity contribution in [3.63, 3.8) is 0 Å². The lowest BCUT2D eigenvalue weighted by molar-refractivity contribution is -0.162. The van der Waals surface area contributed by atoms with Crippen LogP contribution in [0.5, 0.6) is 0 Å². The highest BCUT2D eigenvalue weighted by Crippen LogP contribution is 2.24. The number of rotatable bonds is 25. The van der Waals surface area contributed by atoms with Gasteiger partial charge in [-0.1, -0.05) is 31.9 Å². The van der Waals surface area contributed by atoms with E-state index in [2.05, 4.69) is 5.32 Å². The summed E-state index contributed by atoms with van der Waals surface area (Å²) in [6.07, 6.45) is 5.77. The van der Waals surface area contributed by atoms with Crippen molar-refractivity contribution in [3.05, 3.63) is 34.9 Å². The molecule has 1 aromatic carbocycles. The van der Waals surface area contributed by atoms with E-state index in [0.29, 0.717) is 49.1 Å². The van der Waals surface area contributed by atoms with E-state index < -0.39 is 60.2 Å². The van der Waals surface area contributed by atoms with Gasteiger partial charge >= 0.3 is 23.9 Å². The van der Waals surface area contributed by atoms with E-state index in [1.54, 1.807) is 31.7 Å².